The highest BCUT2D eigenvalue weighted by Gasteiger charge is 2.49. The fourth-order valence-corrected chi connectivity index (χ4v) is 6.03. The third-order valence-corrected chi connectivity index (χ3v) is 7.84. The second-order valence-electron chi connectivity index (χ2n) is 10.5. The maximum absolute atomic E-state index is 13.8. The SMILES string of the molecule is CN1Cc2cc(F)ccc2C2(CCN(C3CCC(C(C)(C)C)CC3)CC2)C1=O. The number of benzene rings is 1. The van der Waals surface area contributed by atoms with Crippen molar-refractivity contribution in [3.63, 3.8) is 0 Å². The van der Waals surface area contributed by atoms with Crippen molar-refractivity contribution in [1.29, 1.82) is 0 Å². The first-order chi connectivity index (χ1) is 13.2. The van der Waals surface area contributed by atoms with Crippen molar-refractivity contribution in [2.75, 3.05) is 20.1 Å². The zero-order valence-electron chi connectivity index (χ0n) is 17.9. The van der Waals surface area contributed by atoms with Crippen LogP contribution in [0.25, 0.3) is 0 Å². The van der Waals surface area contributed by atoms with Gasteiger partial charge in [-0.15, -0.1) is 0 Å². The molecule has 0 radical (unpaired) electrons. The smallest absolute Gasteiger partial charge is 0.233 e. The van der Waals surface area contributed by atoms with E-state index in [0.717, 1.165) is 43.0 Å². The van der Waals surface area contributed by atoms with Gasteiger partial charge >= 0.3 is 0 Å². The normalized spacial score (nSPS) is 28.5. The number of hydrogen-bond acceptors (Lipinski definition) is 2. The Labute approximate surface area is 169 Å². The van der Waals surface area contributed by atoms with E-state index in [4.69, 9.17) is 0 Å². The number of carbonyl (C=O) groups is 1. The van der Waals surface area contributed by atoms with Crippen molar-refractivity contribution in [3.8, 4) is 0 Å². The van der Waals surface area contributed by atoms with Crippen molar-refractivity contribution in [3.05, 3.63) is 35.1 Å². The molecule has 0 aromatic heterocycles. The van der Waals surface area contributed by atoms with Crippen LogP contribution in [0, 0.1) is 17.2 Å². The third-order valence-electron chi connectivity index (χ3n) is 7.84. The molecule has 1 aromatic rings. The lowest BCUT2D eigenvalue weighted by Gasteiger charge is -2.49. The Morgan fingerprint density at radius 2 is 1.71 bits per heavy atom. The van der Waals surface area contributed by atoms with Gasteiger partial charge in [-0.05, 0) is 86.2 Å². The number of carbonyl (C=O) groups excluding carboxylic acids is 1. The molecule has 3 nitrogen and oxygen atoms in total. The van der Waals surface area contributed by atoms with E-state index in [0.29, 0.717) is 18.0 Å². The molecule has 0 bridgehead atoms. The van der Waals surface area contributed by atoms with Crippen molar-refractivity contribution in [1.82, 2.24) is 9.80 Å². The summed E-state index contributed by atoms with van der Waals surface area (Å²) >= 11 is 0. The molecular weight excluding hydrogens is 351 g/mol. The first kappa shape index (κ1) is 19.9. The second kappa shape index (κ2) is 7.12. The lowest BCUT2D eigenvalue weighted by atomic mass is 9.67. The van der Waals surface area contributed by atoms with Crippen molar-refractivity contribution >= 4 is 5.91 Å². The van der Waals surface area contributed by atoms with Crippen molar-refractivity contribution < 1.29 is 9.18 Å². The number of halogens is 1. The molecule has 1 aromatic carbocycles. The van der Waals surface area contributed by atoms with Crippen LogP contribution in [-0.2, 0) is 16.8 Å². The molecule has 0 atom stereocenters. The number of likely N-dealkylation sites (tertiary alicyclic amines) is 1. The van der Waals surface area contributed by atoms with E-state index in [-0.39, 0.29) is 11.7 Å². The zero-order valence-corrected chi connectivity index (χ0v) is 17.9. The molecule has 1 aliphatic carbocycles. The summed E-state index contributed by atoms with van der Waals surface area (Å²) in [7, 11) is 1.86. The molecule has 4 heteroatoms. The number of hydrogen-bond donors (Lipinski definition) is 0. The quantitative estimate of drug-likeness (QED) is 0.696. The van der Waals surface area contributed by atoms with Gasteiger partial charge in [-0.3, -0.25) is 4.79 Å². The minimum absolute atomic E-state index is 0.204. The Kier molecular flexibility index (Phi) is 5.06. The molecule has 2 aliphatic heterocycles. The minimum atomic E-state index is -0.449. The van der Waals surface area contributed by atoms with Gasteiger partial charge in [0.25, 0.3) is 0 Å². The molecule has 3 aliphatic rings. The number of piperidine rings is 1. The van der Waals surface area contributed by atoms with Gasteiger partial charge in [0.2, 0.25) is 5.91 Å². The predicted molar refractivity (Wildman–Crippen MR) is 111 cm³/mol. The Hall–Kier alpha value is -1.42. The van der Waals surface area contributed by atoms with E-state index in [1.165, 1.54) is 31.7 Å². The van der Waals surface area contributed by atoms with E-state index in [1.807, 2.05) is 13.1 Å². The molecule has 2 heterocycles. The molecule has 1 saturated heterocycles. The molecule has 1 spiro atoms. The Morgan fingerprint density at radius 1 is 1.07 bits per heavy atom. The maximum Gasteiger partial charge on any atom is 0.233 e. The summed E-state index contributed by atoms with van der Waals surface area (Å²) in [6.45, 7) is 9.58. The van der Waals surface area contributed by atoms with E-state index < -0.39 is 5.41 Å². The van der Waals surface area contributed by atoms with Crippen LogP contribution in [0.2, 0.25) is 0 Å². The standard InChI is InChI=1S/C24H35FN2O/c1-23(2,3)18-5-8-20(9-6-18)27-13-11-24(12-14-27)21-10-7-19(25)15-17(21)16-26(4)22(24)28/h7,10,15,18,20H,5-6,8-9,11-14,16H2,1-4H3. The average molecular weight is 387 g/mol. The van der Waals surface area contributed by atoms with Crippen LogP contribution < -0.4 is 0 Å². The average Bonchev–Trinajstić information content (AvgIpc) is 2.66. The topological polar surface area (TPSA) is 23.6 Å². The zero-order chi connectivity index (χ0) is 20.1. The van der Waals surface area contributed by atoms with Gasteiger partial charge in [0.1, 0.15) is 5.82 Å². The first-order valence-electron chi connectivity index (χ1n) is 11.0. The van der Waals surface area contributed by atoms with Crippen molar-refractivity contribution in [2.45, 2.75) is 77.3 Å². The summed E-state index contributed by atoms with van der Waals surface area (Å²) in [4.78, 5) is 17.6. The summed E-state index contributed by atoms with van der Waals surface area (Å²) in [6, 6.07) is 5.69. The summed E-state index contributed by atoms with van der Waals surface area (Å²) in [6.07, 6.45) is 6.91. The largest absolute Gasteiger partial charge is 0.341 e. The molecule has 0 unspecified atom stereocenters. The molecule has 0 N–H and O–H groups in total. The number of fused-ring (bicyclic) bond motifs is 2. The van der Waals surface area contributed by atoms with Gasteiger partial charge < -0.3 is 9.80 Å². The Balaban J connectivity index is 1.47. The third kappa shape index (κ3) is 3.38. The first-order valence-corrected chi connectivity index (χ1v) is 11.0. The number of likely N-dealkylation sites (N-methyl/N-ethyl adjacent to an activating group) is 1. The molecule has 1 amide bonds. The van der Waals surface area contributed by atoms with Crippen LogP contribution in [0.4, 0.5) is 4.39 Å². The van der Waals surface area contributed by atoms with Gasteiger partial charge in [-0.2, -0.15) is 0 Å². The monoisotopic (exact) mass is 386 g/mol. The molecule has 1 saturated carbocycles. The lowest BCUT2D eigenvalue weighted by Crippen LogP contribution is -2.56. The highest BCUT2D eigenvalue weighted by Crippen LogP contribution is 2.45. The predicted octanol–water partition coefficient (Wildman–Crippen LogP) is 4.74. The Bertz CT molecular complexity index is 737. The van der Waals surface area contributed by atoms with E-state index in [2.05, 4.69) is 25.7 Å². The van der Waals surface area contributed by atoms with Gasteiger partial charge in [-0.25, -0.2) is 4.39 Å². The fourth-order valence-electron chi connectivity index (χ4n) is 6.03. The summed E-state index contributed by atoms with van der Waals surface area (Å²) < 4.78 is 13.8. The second-order valence-corrected chi connectivity index (χ2v) is 10.5. The Morgan fingerprint density at radius 3 is 2.32 bits per heavy atom. The van der Waals surface area contributed by atoms with Gasteiger partial charge in [0, 0.05) is 19.6 Å². The van der Waals surface area contributed by atoms with Crippen LogP contribution >= 0.6 is 0 Å². The van der Waals surface area contributed by atoms with Gasteiger partial charge in [-0.1, -0.05) is 26.8 Å². The molecule has 2 fully saturated rings. The number of amides is 1. The summed E-state index contributed by atoms with van der Waals surface area (Å²) in [5, 5.41) is 0. The van der Waals surface area contributed by atoms with E-state index in [9.17, 15) is 9.18 Å². The van der Waals surface area contributed by atoms with Crippen LogP contribution in [0.3, 0.4) is 0 Å². The highest BCUT2D eigenvalue weighted by molar-refractivity contribution is 5.90. The lowest BCUT2D eigenvalue weighted by molar-refractivity contribution is -0.140. The number of rotatable bonds is 1. The molecule has 28 heavy (non-hydrogen) atoms. The summed E-state index contributed by atoms with van der Waals surface area (Å²) in [5.74, 6) is 0.850. The summed E-state index contributed by atoms with van der Waals surface area (Å²) in [5.41, 5.74) is 2.03. The van der Waals surface area contributed by atoms with Crippen LogP contribution in [-0.4, -0.2) is 41.9 Å². The number of nitrogens with zero attached hydrogens (tertiary/aromatic N) is 2. The van der Waals surface area contributed by atoms with E-state index in [1.54, 1.807) is 11.0 Å². The molecule has 154 valence electrons. The molecular formula is C24H35FN2O. The van der Waals surface area contributed by atoms with Gasteiger partial charge in [0.15, 0.2) is 0 Å². The van der Waals surface area contributed by atoms with Crippen LogP contribution in [0.1, 0.15) is 70.4 Å². The highest BCUT2D eigenvalue weighted by atomic mass is 19.1. The van der Waals surface area contributed by atoms with Crippen molar-refractivity contribution in [2.24, 2.45) is 11.3 Å². The van der Waals surface area contributed by atoms with Crippen LogP contribution in [0.5, 0.6) is 0 Å². The maximum atomic E-state index is 13.8. The molecule has 4 rings (SSSR count). The van der Waals surface area contributed by atoms with Crippen LogP contribution in [0.15, 0.2) is 18.2 Å². The van der Waals surface area contributed by atoms with Gasteiger partial charge in [0.05, 0.1) is 5.41 Å². The van der Waals surface area contributed by atoms with E-state index >= 15 is 0 Å². The minimum Gasteiger partial charge on any atom is -0.341 e. The fraction of sp³-hybridized carbons (Fsp3) is 0.708.